The SMILES string of the molecule is CC(C#N)NCc1ccccc1Cl. The first-order chi connectivity index (χ1) is 6.24. The molecule has 0 aliphatic carbocycles. The predicted octanol–water partition coefficient (Wildman–Crippen LogP) is 2.34. The molecule has 0 aromatic heterocycles. The molecule has 0 saturated heterocycles. The minimum atomic E-state index is -0.142. The van der Waals surface area contributed by atoms with Crippen LogP contribution in [-0.4, -0.2) is 6.04 Å². The highest BCUT2D eigenvalue weighted by Crippen LogP contribution is 2.14. The van der Waals surface area contributed by atoms with Crippen LogP contribution < -0.4 is 5.32 Å². The number of hydrogen-bond acceptors (Lipinski definition) is 2. The van der Waals surface area contributed by atoms with Crippen LogP contribution in [0.5, 0.6) is 0 Å². The predicted molar refractivity (Wildman–Crippen MR) is 53.4 cm³/mol. The van der Waals surface area contributed by atoms with E-state index in [1.165, 1.54) is 0 Å². The van der Waals surface area contributed by atoms with Crippen molar-refractivity contribution in [1.29, 1.82) is 5.26 Å². The van der Waals surface area contributed by atoms with Gasteiger partial charge in [0, 0.05) is 11.6 Å². The molecule has 0 amide bonds. The molecule has 0 radical (unpaired) electrons. The molecule has 0 aliphatic rings. The minimum absolute atomic E-state index is 0.142. The van der Waals surface area contributed by atoms with E-state index in [4.69, 9.17) is 16.9 Å². The first-order valence-corrected chi connectivity index (χ1v) is 4.48. The van der Waals surface area contributed by atoms with E-state index in [0.29, 0.717) is 6.54 Å². The van der Waals surface area contributed by atoms with Crippen molar-refractivity contribution in [2.45, 2.75) is 19.5 Å². The molecule has 13 heavy (non-hydrogen) atoms. The van der Waals surface area contributed by atoms with E-state index >= 15 is 0 Å². The molecule has 2 nitrogen and oxygen atoms in total. The van der Waals surface area contributed by atoms with Crippen LogP contribution in [0.3, 0.4) is 0 Å². The number of nitriles is 1. The Labute approximate surface area is 83.1 Å². The summed E-state index contributed by atoms with van der Waals surface area (Å²) in [6.45, 7) is 2.45. The smallest absolute Gasteiger partial charge is 0.0927 e. The summed E-state index contributed by atoms with van der Waals surface area (Å²) in [5.41, 5.74) is 1.02. The highest BCUT2D eigenvalue weighted by molar-refractivity contribution is 6.31. The van der Waals surface area contributed by atoms with E-state index in [-0.39, 0.29) is 6.04 Å². The molecule has 68 valence electrons. The summed E-state index contributed by atoms with van der Waals surface area (Å²) in [5, 5.41) is 12.3. The maximum absolute atomic E-state index is 8.54. The van der Waals surface area contributed by atoms with Gasteiger partial charge in [0.25, 0.3) is 0 Å². The van der Waals surface area contributed by atoms with Gasteiger partial charge in [-0.1, -0.05) is 29.8 Å². The third kappa shape index (κ3) is 3.06. The van der Waals surface area contributed by atoms with Crippen molar-refractivity contribution in [3.8, 4) is 6.07 Å². The fourth-order valence-corrected chi connectivity index (χ4v) is 1.15. The zero-order valence-electron chi connectivity index (χ0n) is 7.42. The lowest BCUT2D eigenvalue weighted by Gasteiger charge is -2.07. The van der Waals surface area contributed by atoms with Crippen molar-refractivity contribution >= 4 is 11.6 Å². The second-order valence-corrected chi connectivity index (χ2v) is 3.23. The van der Waals surface area contributed by atoms with E-state index in [0.717, 1.165) is 10.6 Å². The molecule has 1 aromatic rings. The Balaban J connectivity index is 2.56. The summed E-state index contributed by atoms with van der Waals surface area (Å²) >= 11 is 5.93. The van der Waals surface area contributed by atoms with Gasteiger partial charge in [-0.05, 0) is 18.6 Å². The first-order valence-electron chi connectivity index (χ1n) is 4.10. The van der Waals surface area contributed by atoms with Crippen LogP contribution in [0.15, 0.2) is 24.3 Å². The third-order valence-electron chi connectivity index (χ3n) is 1.75. The third-order valence-corrected chi connectivity index (χ3v) is 2.12. The van der Waals surface area contributed by atoms with Crippen LogP contribution in [0, 0.1) is 11.3 Å². The second kappa shape index (κ2) is 4.86. The molecule has 3 heteroatoms. The molecule has 0 saturated carbocycles. The lowest BCUT2D eigenvalue weighted by molar-refractivity contribution is 0.642. The Kier molecular flexibility index (Phi) is 3.75. The number of nitrogens with zero attached hydrogens (tertiary/aromatic N) is 1. The van der Waals surface area contributed by atoms with Gasteiger partial charge in [-0.25, -0.2) is 0 Å². The fraction of sp³-hybridized carbons (Fsp3) is 0.300. The summed E-state index contributed by atoms with van der Waals surface area (Å²) in [5.74, 6) is 0. The largest absolute Gasteiger partial charge is 0.298 e. The quantitative estimate of drug-likeness (QED) is 0.802. The molecule has 0 heterocycles. The van der Waals surface area contributed by atoms with Gasteiger partial charge >= 0.3 is 0 Å². The number of benzene rings is 1. The van der Waals surface area contributed by atoms with Gasteiger partial charge in [-0.2, -0.15) is 5.26 Å². The molecule has 0 aliphatic heterocycles. The zero-order chi connectivity index (χ0) is 9.68. The Morgan fingerprint density at radius 1 is 1.54 bits per heavy atom. The standard InChI is InChI=1S/C10H11ClN2/c1-8(6-12)13-7-9-4-2-3-5-10(9)11/h2-5,8,13H,7H2,1H3. The zero-order valence-corrected chi connectivity index (χ0v) is 8.17. The summed E-state index contributed by atoms with van der Waals surface area (Å²) in [6.07, 6.45) is 0. The van der Waals surface area contributed by atoms with Gasteiger partial charge in [-0.3, -0.25) is 5.32 Å². The number of halogens is 1. The van der Waals surface area contributed by atoms with Gasteiger partial charge in [0.1, 0.15) is 0 Å². The molecule has 1 atom stereocenters. The van der Waals surface area contributed by atoms with E-state index in [1.807, 2.05) is 31.2 Å². The monoisotopic (exact) mass is 194 g/mol. The van der Waals surface area contributed by atoms with Crippen LogP contribution in [0.2, 0.25) is 5.02 Å². The molecule has 1 N–H and O–H groups in total. The van der Waals surface area contributed by atoms with Crippen molar-refractivity contribution in [3.05, 3.63) is 34.9 Å². The van der Waals surface area contributed by atoms with Crippen LogP contribution >= 0.6 is 11.6 Å². The van der Waals surface area contributed by atoms with Crippen molar-refractivity contribution in [1.82, 2.24) is 5.32 Å². The van der Waals surface area contributed by atoms with E-state index < -0.39 is 0 Å². The van der Waals surface area contributed by atoms with Crippen molar-refractivity contribution in [3.63, 3.8) is 0 Å². The normalized spacial score (nSPS) is 12.1. The van der Waals surface area contributed by atoms with Crippen LogP contribution in [0.25, 0.3) is 0 Å². The van der Waals surface area contributed by atoms with E-state index in [9.17, 15) is 0 Å². The molecule has 0 bridgehead atoms. The maximum Gasteiger partial charge on any atom is 0.0927 e. The maximum atomic E-state index is 8.54. The van der Waals surface area contributed by atoms with E-state index in [1.54, 1.807) is 0 Å². The highest BCUT2D eigenvalue weighted by Gasteiger charge is 2.01. The number of nitrogens with one attached hydrogen (secondary N) is 1. The highest BCUT2D eigenvalue weighted by atomic mass is 35.5. The van der Waals surface area contributed by atoms with Crippen LogP contribution in [-0.2, 0) is 6.54 Å². The molecule has 0 fully saturated rings. The van der Waals surface area contributed by atoms with Crippen molar-refractivity contribution in [2.75, 3.05) is 0 Å². The fourth-order valence-electron chi connectivity index (χ4n) is 0.950. The Morgan fingerprint density at radius 2 is 2.23 bits per heavy atom. The van der Waals surface area contributed by atoms with E-state index in [2.05, 4.69) is 11.4 Å². The second-order valence-electron chi connectivity index (χ2n) is 2.82. The van der Waals surface area contributed by atoms with Gasteiger partial charge in [0.15, 0.2) is 0 Å². The minimum Gasteiger partial charge on any atom is -0.298 e. The van der Waals surface area contributed by atoms with Crippen LogP contribution in [0.4, 0.5) is 0 Å². The lowest BCUT2D eigenvalue weighted by Crippen LogP contribution is -2.23. The lowest BCUT2D eigenvalue weighted by atomic mass is 10.2. The summed E-state index contributed by atoms with van der Waals surface area (Å²) in [7, 11) is 0. The van der Waals surface area contributed by atoms with Gasteiger partial charge in [-0.15, -0.1) is 0 Å². The number of hydrogen-bond donors (Lipinski definition) is 1. The Hall–Kier alpha value is -1.04. The summed E-state index contributed by atoms with van der Waals surface area (Å²) in [6, 6.07) is 9.56. The molecular weight excluding hydrogens is 184 g/mol. The van der Waals surface area contributed by atoms with Gasteiger partial charge < -0.3 is 0 Å². The molecule has 0 spiro atoms. The van der Waals surface area contributed by atoms with Crippen molar-refractivity contribution < 1.29 is 0 Å². The number of rotatable bonds is 3. The topological polar surface area (TPSA) is 35.8 Å². The van der Waals surface area contributed by atoms with Crippen molar-refractivity contribution in [2.24, 2.45) is 0 Å². The summed E-state index contributed by atoms with van der Waals surface area (Å²) in [4.78, 5) is 0. The molecule has 1 rings (SSSR count). The average Bonchev–Trinajstić information content (AvgIpc) is 2.16. The average molecular weight is 195 g/mol. The van der Waals surface area contributed by atoms with Crippen LogP contribution in [0.1, 0.15) is 12.5 Å². The molecular formula is C10H11ClN2. The molecule has 1 aromatic carbocycles. The Morgan fingerprint density at radius 3 is 2.85 bits per heavy atom. The Bertz CT molecular complexity index is 317. The summed E-state index contributed by atoms with van der Waals surface area (Å²) < 4.78 is 0. The van der Waals surface area contributed by atoms with Gasteiger partial charge in [0.05, 0.1) is 12.1 Å². The first kappa shape index (κ1) is 10.0. The molecule has 1 unspecified atom stereocenters. The van der Waals surface area contributed by atoms with Gasteiger partial charge in [0.2, 0.25) is 0 Å².